The van der Waals surface area contributed by atoms with E-state index in [1.165, 1.54) is 5.39 Å². The number of hydrogen-bond donors (Lipinski definition) is 1. The topological polar surface area (TPSA) is 20.2 Å². The lowest BCUT2D eigenvalue weighted by atomic mass is 10.1. The maximum Gasteiger partial charge on any atom is 0.0357 e. The largest absolute Gasteiger partial charge is 0.325 e. The quantitative estimate of drug-likeness (QED) is 0.772. The fourth-order valence-electron chi connectivity index (χ4n) is 1.28. The standard InChI is InChI=1S/C10H7BrOS/c11-10-3-1-2-7-6-8(13-12)4-5-9(7)10/h1-6,12H. The van der Waals surface area contributed by atoms with Gasteiger partial charge < -0.3 is 4.55 Å². The van der Waals surface area contributed by atoms with Crippen LogP contribution in [0, 0.1) is 0 Å². The van der Waals surface area contributed by atoms with Gasteiger partial charge in [-0.1, -0.05) is 34.1 Å². The molecule has 0 amide bonds. The van der Waals surface area contributed by atoms with Crippen molar-refractivity contribution in [3.8, 4) is 0 Å². The van der Waals surface area contributed by atoms with Gasteiger partial charge in [0.2, 0.25) is 0 Å². The zero-order valence-corrected chi connectivity index (χ0v) is 9.10. The lowest BCUT2D eigenvalue weighted by Gasteiger charge is -2.01. The van der Waals surface area contributed by atoms with Crippen LogP contribution >= 0.6 is 28.0 Å². The summed E-state index contributed by atoms with van der Waals surface area (Å²) in [6, 6.07) is 11.9. The molecule has 3 heteroatoms. The fourth-order valence-corrected chi connectivity index (χ4v) is 2.10. The summed E-state index contributed by atoms with van der Waals surface area (Å²) in [6.45, 7) is 0. The summed E-state index contributed by atoms with van der Waals surface area (Å²) in [4.78, 5) is 0.866. The first-order valence-electron chi connectivity index (χ1n) is 3.81. The summed E-state index contributed by atoms with van der Waals surface area (Å²) < 4.78 is 9.95. The highest BCUT2D eigenvalue weighted by atomic mass is 79.9. The molecular weight excluding hydrogens is 248 g/mol. The minimum absolute atomic E-state index is 0.774. The molecule has 0 bridgehead atoms. The lowest BCUT2D eigenvalue weighted by Crippen LogP contribution is -1.75. The molecule has 0 spiro atoms. The Morgan fingerprint density at radius 1 is 1.15 bits per heavy atom. The Labute approximate surface area is 89.1 Å². The number of rotatable bonds is 1. The third kappa shape index (κ3) is 1.73. The Bertz CT molecular complexity index is 442. The van der Waals surface area contributed by atoms with Crippen LogP contribution in [0.15, 0.2) is 45.8 Å². The van der Waals surface area contributed by atoms with Crippen LogP contribution in [0.1, 0.15) is 0 Å². The number of fused-ring (bicyclic) bond motifs is 1. The second kappa shape index (κ2) is 3.70. The first-order valence-corrected chi connectivity index (χ1v) is 5.37. The van der Waals surface area contributed by atoms with Crippen molar-refractivity contribution in [1.29, 1.82) is 0 Å². The molecule has 0 aliphatic heterocycles. The van der Waals surface area contributed by atoms with Gasteiger partial charge in [-0.05, 0) is 29.0 Å². The van der Waals surface area contributed by atoms with E-state index >= 15 is 0 Å². The molecule has 0 heterocycles. The molecule has 0 saturated heterocycles. The minimum atomic E-state index is 0.774. The average Bonchev–Trinajstić information content (AvgIpc) is 2.18. The minimum Gasteiger partial charge on any atom is -0.325 e. The lowest BCUT2D eigenvalue weighted by molar-refractivity contribution is 0.664. The van der Waals surface area contributed by atoms with Crippen molar-refractivity contribution in [3.63, 3.8) is 0 Å². The maximum atomic E-state index is 8.87. The second-order valence-electron chi connectivity index (χ2n) is 2.71. The van der Waals surface area contributed by atoms with Crippen LogP contribution in [0.4, 0.5) is 0 Å². The highest BCUT2D eigenvalue weighted by molar-refractivity contribution is 9.10. The molecule has 0 aliphatic carbocycles. The van der Waals surface area contributed by atoms with Crippen molar-refractivity contribution in [2.24, 2.45) is 0 Å². The number of halogens is 1. The number of benzene rings is 2. The van der Waals surface area contributed by atoms with Gasteiger partial charge in [-0.3, -0.25) is 0 Å². The molecule has 1 nitrogen and oxygen atoms in total. The van der Waals surface area contributed by atoms with Gasteiger partial charge >= 0.3 is 0 Å². The molecule has 1 N–H and O–H groups in total. The molecule has 0 aromatic heterocycles. The summed E-state index contributed by atoms with van der Waals surface area (Å²) in [7, 11) is 0. The highest BCUT2D eigenvalue weighted by Crippen LogP contribution is 2.27. The van der Waals surface area contributed by atoms with Crippen LogP contribution in [0.2, 0.25) is 0 Å². The van der Waals surface area contributed by atoms with Crippen molar-refractivity contribution in [2.45, 2.75) is 4.90 Å². The smallest absolute Gasteiger partial charge is 0.0357 e. The van der Waals surface area contributed by atoms with E-state index in [0.29, 0.717) is 0 Å². The Morgan fingerprint density at radius 2 is 2.00 bits per heavy atom. The van der Waals surface area contributed by atoms with Crippen molar-refractivity contribution in [3.05, 3.63) is 40.9 Å². The molecule has 0 unspecified atom stereocenters. The van der Waals surface area contributed by atoms with Gasteiger partial charge in [0.25, 0.3) is 0 Å². The molecule has 0 saturated carbocycles. The summed E-state index contributed by atoms with van der Waals surface area (Å²) in [5.74, 6) is 0. The van der Waals surface area contributed by atoms with Gasteiger partial charge in [0, 0.05) is 21.4 Å². The zero-order valence-electron chi connectivity index (χ0n) is 6.70. The highest BCUT2D eigenvalue weighted by Gasteiger charge is 1.98. The van der Waals surface area contributed by atoms with Crippen molar-refractivity contribution in [2.75, 3.05) is 0 Å². The SMILES string of the molecule is OSc1ccc2c(Br)cccc2c1. The molecule has 2 aromatic rings. The van der Waals surface area contributed by atoms with Crippen molar-refractivity contribution in [1.82, 2.24) is 0 Å². The van der Waals surface area contributed by atoms with Crippen LogP contribution in [0.3, 0.4) is 0 Å². The molecule has 13 heavy (non-hydrogen) atoms. The van der Waals surface area contributed by atoms with Gasteiger partial charge in [-0.15, -0.1) is 0 Å². The van der Waals surface area contributed by atoms with E-state index in [9.17, 15) is 0 Å². The zero-order chi connectivity index (χ0) is 9.26. The third-order valence-electron chi connectivity index (χ3n) is 1.90. The van der Waals surface area contributed by atoms with Gasteiger partial charge in [-0.25, -0.2) is 0 Å². The van der Waals surface area contributed by atoms with Crippen LogP contribution in [0.25, 0.3) is 10.8 Å². The van der Waals surface area contributed by atoms with Gasteiger partial charge in [-0.2, -0.15) is 0 Å². The van der Waals surface area contributed by atoms with Crippen LogP contribution in [0.5, 0.6) is 0 Å². The van der Waals surface area contributed by atoms with Crippen molar-refractivity contribution < 1.29 is 4.55 Å². The second-order valence-corrected chi connectivity index (χ2v) is 4.22. The van der Waals surface area contributed by atoms with Crippen molar-refractivity contribution >= 4 is 38.7 Å². The van der Waals surface area contributed by atoms with E-state index in [4.69, 9.17) is 4.55 Å². The van der Waals surface area contributed by atoms with Crippen LogP contribution in [-0.2, 0) is 0 Å². The average molecular weight is 255 g/mol. The monoisotopic (exact) mass is 254 g/mol. The van der Waals surface area contributed by atoms with E-state index in [1.807, 2.05) is 36.4 Å². The normalized spacial score (nSPS) is 10.6. The van der Waals surface area contributed by atoms with E-state index in [2.05, 4.69) is 15.9 Å². The molecular formula is C10H7BrOS. The third-order valence-corrected chi connectivity index (χ3v) is 3.06. The summed E-state index contributed by atoms with van der Waals surface area (Å²) in [5, 5.41) is 2.30. The van der Waals surface area contributed by atoms with Gasteiger partial charge in [0.1, 0.15) is 0 Å². The number of hydrogen-bond acceptors (Lipinski definition) is 2. The van der Waals surface area contributed by atoms with E-state index in [-0.39, 0.29) is 0 Å². The predicted octanol–water partition coefficient (Wildman–Crippen LogP) is 4.17. The Hall–Kier alpha value is -0.510. The van der Waals surface area contributed by atoms with Gasteiger partial charge in [0.15, 0.2) is 0 Å². The molecule has 0 radical (unpaired) electrons. The van der Waals surface area contributed by atoms with E-state index in [1.54, 1.807) is 0 Å². The molecule has 2 rings (SSSR count). The summed E-state index contributed by atoms with van der Waals surface area (Å²) >= 11 is 4.25. The molecule has 2 aromatic carbocycles. The van der Waals surface area contributed by atoms with Gasteiger partial charge in [0.05, 0.1) is 0 Å². The predicted molar refractivity (Wildman–Crippen MR) is 60.1 cm³/mol. The Balaban J connectivity index is 2.72. The summed E-state index contributed by atoms with van der Waals surface area (Å²) in [6.07, 6.45) is 0. The Morgan fingerprint density at radius 3 is 2.77 bits per heavy atom. The molecule has 0 fully saturated rings. The van der Waals surface area contributed by atoms with E-state index < -0.39 is 0 Å². The molecule has 0 atom stereocenters. The Kier molecular flexibility index (Phi) is 2.58. The molecule has 0 aliphatic rings. The maximum absolute atomic E-state index is 8.87. The van der Waals surface area contributed by atoms with Crippen LogP contribution in [-0.4, -0.2) is 4.55 Å². The first kappa shape index (κ1) is 9.06. The fraction of sp³-hybridized carbons (Fsp3) is 0. The summed E-state index contributed by atoms with van der Waals surface area (Å²) in [5.41, 5.74) is 0. The van der Waals surface area contributed by atoms with Crippen LogP contribution < -0.4 is 0 Å². The van der Waals surface area contributed by atoms with E-state index in [0.717, 1.165) is 26.8 Å². The first-order chi connectivity index (χ1) is 6.31. The molecule has 66 valence electrons.